The first kappa shape index (κ1) is 20.4. The fourth-order valence-corrected chi connectivity index (χ4v) is 5.23. The summed E-state index contributed by atoms with van der Waals surface area (Å²) in [6.07, 6.45) is 10.9. The van der Waals surface area contributed by atoms with Gasteiger partial charge in [0.25, 0.3) is 0 Å². The fraction of sp³-hybridized carbons (Fsp3) is 0.241. The Kier molecular flexibility index (Phi) is 5.74. The smallest absolute Gasteiger partial charge is 0.0608 e. The SMILES string of the molecule is C=CC1=C(/C=C\C)c2ccccc2C1CN(C)C1C(/C=C\C)=C(C)c2ccccc21. The van der Waals surface area contributed by atoms with E-state index in [0.717, 1.165) is 6.54 Å². The van der Waals surface area contributed by atoms with Gasteiger partial charge in [-0.3, -0.25) is 4.90 Å². The van der Waals surface area contributed by atoms with Crippen molar-refractivity contribution in [1.82, 2.24) is 4.90 Å². The quantitative estimate of drug-likeness (QED) is 0.496. The molecule has 1 heteroatoms. The van der Waals surface area contributed by atoms with Gasteiger partial charge in [-0.2, -0.15) is 0 Å². The Morgan fingerprint density at radius 2 is 1.50 bits per heavy atom. The summed E-state index contributed by atoms with van der Waals surface area (Å²) in [5.74, 6) is 0.329. The Morgan fingerprint density at radius 3 is 2.17 bits per heavy atom. The van der Waals surface area contributed by atoms with Crippen LogP contribution in [0.3, 0.4) is 0 Å². The molecule has 0 spiro atoms. The molecule has 2 aromatic carbocycles. The second kappa shape index (κ2) is 8.45. The first-order valence-electron chi connectivity index (χ1n) is 10.8. The molecule has 2 aromatic rings. The molecule has 0 aliphatic heterocycles. The van der Waals surface area contributed by atoms with Crippen LogP contribution in [-0.4, -0.2) is 18.5 Å². The Hall–Kier alpha value is -2.90. The molecule has 0 heterocycles. The third-order valence-electron chi connectivity index (χ3n) is 6.51. The van der Waals surface area contributed by atoms with E-state index in [4.69, 9.17) is 0 Å². The summed E-state index contributed by atoms with van der Waals surface area (Å²) in [6, 6.07) is 18.0. The van der Waals surface area contributed by atoms with Crippen molar-refractivity contribution in [2.24, 2.45) is 0 Å². The van der Waals surface area contributed by atoms with Gasteiger partial charge in [-0.25, -0.2) is 0 Å². The molecule has 0 N–H and O–H groups in total. The molecule has 152 valence electrons. The summed E-state index contributed by atoms with van der Waals surface area (Å²) >= 11 is 0. The summed E-state index contributed by atoms with van der Waals surface area (Å²) in [5.41, 5.74) is 11.0. The number of hydrogen-bond acceptors (Lipinski definition) is 1. The van der Waals surface area contributed by atoms with Crippen LogP contribution in [0.2, 0.25) is 0 Å². The van der Waals surface area contributed by atoms with Gasteiger partial charge in [-0.15, -0.1) is 0 Å². The normalized spacial score (nSPS) is 20.7. The van der Waals surface area contributed by atoms with E-state index >= 15 is 0 Å². The lowest BCUT2D eigenvalue weighted by Crippen LogP contribution is -2.29. The second-order valence-electron chi connectivity index (χ2n) is 8.22. The maximum Gasteiger partial charge on any atom is 0.0608 e. The van der Waals surface area contributed by atoms with Gasteiger partial charge < -0.3 is 0 Å². The van der Waals surface area contributed by atoms with Crippen LogP contribution < -0.4 is 0 Å². The van der Waals surface area contributed by atoms with Crippen LogP contribution in [0, 0.1) is 0 Å². The number of benzene rings is 2. The Morgan fingerprint density at radius 1 is 0.867 bits per heavy atom. The molecule has 2 atom stereocenters. The van der Waals surface area contributed by atoms with Gasteiger partial charge >= 0.3 is 0 Å². The molecule has 30 heavy (non-hydrogen) atoms. The lowest BCUT2D eigenvalue weighted by atomic mass is 9.93. The number of hydrogen-bond donors (Lipinski definition) is 0. The molecule has 0 bridgehead atoms. The lowest BCUT2D eigenvalue weighted by molar-refractivity contribution is 0.273. The summed E-state index contributed by atoms with van der Waals surface area (Å²) in [4.78, 5) is 2.52. The molecule has 2 aliphatic carbocycles. The molecular formula is C29H31N. The van der Waals surface area contributed by atoms with Crippen molar-refractivity contribution in [3.63, 3.8) is 0 Å². The van der Waals surface area contributed by atoms with E-state index in [-0.39, 0.29) is 6.04 Å². The average Bonchev–Trinajstić information content (AvgIpc) is 3.21. The monoisotopic (exact) mass is 393 g/mol. The molecule has 0 fully saturated rings. The number of likely N-dealkylation sites (N-methyl/N-ethyl adjacent to an activating group) is 1. The van der Waals surface area contributed by atoms with Crippen molar-refractivity contribution < 1.29 is 0 Å². The molecule has 4 rings (SSSR count). The first-order chi connectivity index (χ1) is 14.6. The van der Waals surface area contributed by atoms with Gasteiger partial charge in [0.05, 0.1) is 6.04 Å². The van der Waals surface area contributed by atoms with Crippen molar-refractivity contribution in [3.8, 4) is 0 Å². The zero-order valence-corrected chi connectivity index (χ0v) is 18.5. The molecule has 2 aliphatic rings. The van der Waals surface area contributed by atoms with Gasteiger partial charge in [0.15, 0.2) is 0 Å². The van der Waals surface area contributed by atoms with E-state index in [2.05, 4.69) is 118 Å². The third kappa shape index (κ3) is 3.24. The topological polar surface area (TPSA) is 3.24 Å². The molecule has 0 amide bonds. The Labute approximate surface area is 181 Å². The van der Waals surface area contributed by atoms with Crippen LogP contribution in [0.4, 0.5) is 0 Å². The highest BCUT2D eigenvalue weighted by Crippen LogP contribution is 2.47. The van der Waals surface area contributed by atoms with Crippen molar-refractivity contribution >= 4 is 11.1 Å². The van der Waals surface area contributed by atoms with Gasteiger partial charge in [0.1, 0.15) is 0 Å². The van der Waals surface area contributed by atoms with Gasteiger partial charge in [-0.1, -0.05) is 85.5 Å². The van der Waals surface area contributed by atoms with Crippen LogP contribution in [-0.2, 0) is 0 Å². The molecule has 1 nitrogen and oxygen atoms in total. The first-order valence-corrected chi connectivity index (χ1v) is 10.8. The van der Waals surface area contributed by atoms with Gasteiger partial charge in [-0.05, 0) is 72.4 Å². The highest BCUT2D eigenvalue weighted by molar-refractivity contribution is 5.86. The van der Waals surface area contributed by atoms with Crippen LogP contribution >= 0.6 is 0 Å². The highest BCUT2D eigenvalue weighted by atomic mass is 15.1. The molecule has 0 radical (unpaired) electrons. The highest BCUT2D eigenvalue weighted by Gasteiger charge is 2.34. The predicted molar refractivity (Wildman–Crippen MR) is 130 cm³/mol. The van der Waals surface area contributed by atoms with E-state index in [1.54, 1.807) is 0 Å². The van der Waals surface area contributed by atoms with Crippen molar-refractivity contribution in [2.45, 2.75) is 32.7 Å². The van der Waals surface area contributed by atoms with Gasteiger partial charge in [0, 0.05) is 12.5 Å². The fourth-order valence-electron chi connectivity index (χ4n) is 5.23. The average molecular weight is 394 g/mol. The molecule has 2 unspecified atom stereocenters. The van der Waals surface area contributed by atoms with Crippen LogP contribution in [0.15, 0.2) is 96.6 Å². The standard InChI is InChI=1S/C29H31N/c1-6-13-23-20(4)22-15-9-12-18-27(22)29(23)30(5)19-28-21(8-3)24(14-7-2)25-16-10-11-17-26(25)28/h6-18,28-29H,3,19H2,1-2,4-5H3/b13-6-,14-7-. The Bertz CT molecular complexity index is 1090. The maximum atomic E-state index is 4.17. The van der Waals surface area contributed by atoms with Crippen molar-refractivity contribution in [3.05, 3.63) is 119 Å². The summed E-state index contributed by atoms with van der Waals surface area (Å²) in [6.45, 7) is 11.6. The van der Waals surface area contributed by atoms with E-state index in [0.29, 0.717) is 5.92 Å². The number of rotatable bonds is 6. The molecular weight excluding hydrogens is 362 g/mol. The maximum absolute atomic E-state index is 4.17. The zero-order valence-electron chi connectivity index (χ0n) is 18.5. The van der Waals surface area contributed by atoms with E-state index in [1.807, 2.05) is 0 Å². The van der Waals surface area contributed by atoms with E-state index < -0.39 is 0 Å². The van der Waals surface area contributed by atoms with Crippen molar-refractivity contribution in [2.75, 3.05) is 13.6 Å². The molecule has 0 aromatic heterocycles. The number of fused-ring (bicyclic) bond motifs is 2. The van der Waals surface area contributed by atoms with Crippen LogP contribution in [0.25, 0.3) is 11.1 Å². The van der Waals surface area contributed by atoms with E-state index in [1.165, 1.54) is 44.5 Å². The summed E-state index contributed by atoms with van der Waals surface area (Å²) in [7, 11) is 2.26. The minimum Gasteiger partial charge on any atom is -0.294 e. The van der Waals surface area contributed by atoms with Crippen molar-refractivity contribution in [1.29, 1.82) is 0 Å². The summed E-state index contributed by atoms with van der Waals surface area (Å²) < 4.78 is 0. The number of nitrogens with zero attached hydrogens (tertiary/aromatic N) is 1. The second-order valence-corrected chi connectivity index (χ2v) is 8.22. The van der Waals surface area contributed by atoms with Crippen LogP contribution in [0.5, 0.6) is 0 Å². The minimum atomic E-state index is 0.279. The largest absolute Gasteiger partial charge is 0.294 e. The predicted octanol–water partition coefficient (Wildman–Crippen LogP) is 7.34. The van der Waals surface area contributed by atoms with Crippen LogP contribution in [0.1, 0.15) is 55.0 Å². The van der Waals surface area contributed by atoms with E-state index in [9.17, 15) is 0 Å². The number of allylic oxidation sites excluding steroid dienone is 6. The molecule has 0 saturated heterocycles. The van der Waals surface area contributed by atoms with Gasteiger partial charge in [0.2, 0.25) is 0 Å². The Balaban J connectivity index is 1.75. The third-order valence-corrected chi connectivity index (χ3v) is 6.51. The minimum absolute atomic E-state index is 0.279. The lowest BCUT2D eigenvalue weighted by Gasteiger charge is -2.30. The summed E-state index contributed by atoms with van der Waals surface area (Å²) in [5, 5.41) is 0. The molecule has 0 saturated carbocycles. The zero-order chi connectivity index (χ0) is 21.3.